The first-order valence-corrected chi connectivity index (χ1v) is 15.2. The SMILES string of the molecule is CCOC(=O)c1cnn2cc(-c3ccccc3)c(NCc3cc(Nc4ccccn4)cnc3O[C@@H](C)CNC(=O)OC(C)(C)C)nc12. The molecule has 3 N–H and O–H groups in total. The van der Waals surface area contributed by atoms with Crippen molar-refractivity contribution in [2.75, 3.05) is 23.8 Å². The minimum absolute atomic E-state index is 0.200. The summed E-state index contributed by atoms with van der Waals surface area (Å²) >= 11 is 0. The molecule has 13 heteroatoms. The normalized spacial score (nSPS) is 11.9. The molecule has 0 saturated heterocycles. The molecule has 13 nitrogen and oxygen atoms in total. The lowest BCUT2D eigenvalue weighted by Crippen LogP contribution is -2.37. The first-order valence-electron chi connectivity index (χ1n) is 15.2. The summed E-state index contributed by atoms with van der Waals surface area (Å²) in [6, 6.07) is 17.2. The summed E-state index contributed by atoms with van der Waals surface area (Å²) in [6.45, 7) is 9.66. The highest BCUT2D eigenvalue weighted by Gasteiger charge is 2.20. The van der Waals surface area contributed by atoms with Gasteiger partial charge in [0.25, 0.3) is 0 Å². The van der Waals surface area contributed by atoms with Crippen molar-refractivity contribution in [1.29, 1.82) is 0 Å². The van der Waals surface area contributed by atoms with E-state index in [-0.39, 0.29) is 25.3 Å². The lowest BCUT2D eigenvalue weighted by Gasteiger charge is -2.22. The Morgan fingerprint density at radius 2 is 1.81 bits per heavy atom. The van der Waals surface area contributed by atoms with Gasteiger partial charge in [-0.3, -0.25) is 0 Å². The molecule has 5 aromatic rings. The third kappa shape index (κ3) is 8.72. The van der Waals surface area contributed by atoms with Crippen molar-refractivity contribution >= 4 is 35.0 Å². The van der Waals surface area contributed by atoms with Gasteiger partial charge in [-0.1, -0.05) is 36.4 Å². The molecular weight excluding hydrogens is 600 g/mol. The van der Waals surface area contributed by atoms with E-state index in [4.69, 9.17) is 19.2 Å². The van der Waals surface area contributed by atoms with Crippen LogP contribution in [0.3, 0.4) is 0 Å². The Morgan fingerprint density at radius 1 is 1.02 bits per heavy atom. The quantitative estimate of drug-likeness (QED) is 0.138. The van der Waals surface area contributed by atoms with E-state index in [0.717, 1.165) is 11.1 Å². The molecule has 1 amide bonds. The summed E-state index contributed by atoms with van der Waals surface area (Å²) in [4.78, 5) is 38.6. The molecule has 1 aromatic carbocycles. The number of amides is 1. The fourth-order valence-corrected chi connectivity index (χ4v) is 4.56. The number of ether oxygens (including phenoxy) is 3. The van der Waals surface area contributed by atoms with Crippen molar-refractivity contribution in [2.24, 2.45) is 0 Å². The van der Waals surface area contributed by atoms with Crippen LogP contribution in [0.1, 0.15) is 50.5 Å². The van der Waals surface area contributed by atoms with Crippen molar-refractivity contribution in [3.05, 3.63) is 90.5 Å². The average Bonchev–Trinajstić information content (AvgIpc) is 3.46. The van der Waals surface area contributed by atoms with Crippen molar-refractivity contribution in [1.82, 2.24) is 29.9 Å². The van der Waals surface area contributed by atoms with Crippen molar-refractivity contribution in [3.8, 4) is 17.0 Å². The summed E-state index contributed by atoms with van der Waals surface area (Å²) in [5.41, 5.74) is 3.06. The van der Waals surface area contributed by atoms with Crippen LogP contribution in [-0.4, -0.2) is 61.5 Å². The van der Waals surface area contributed by atoms with E-state index in [0.29, 0.717) is 34.4 Å². The highest BCUT2D eigenvalue weighted by atomic mass is 16.6. The highest BCUT2D eigenvalue weighted by Crippen LogP contribution is 2.30. The summed E-state index contributed by atoms with van der Waals surface area (Å²) in [7, 11) is 0. The number of nitrogens with one attached hydrogen (secondary N) is 3. The van der Waals surface area contributed by atoms with Gasteiger partial charge in [-0.05, 0) is 58.4 Å². The number of carbonyl (C=O) groups excluding carboxylic acids is 2. The van der Waals surface area contributed by atoms with Gasteiger partial charge < -0.3 is 30.2 Å². The molecule has 0 spiro atoms. The van der Waals surface area contributed by atoms with Crippen molar-refractivity contribution in [3.63, 3.8) is 0 Å². The number of alkyl carbamates (subject to hydrolysis) is 1. The number of carbonyl (C=O) groups is 2. The van der Waals surface area contributed by atoms with Crippen LogP contribution in [0, 0.1) is 0 Å². The summed E-state index contributed by atoms with van der Waals surface area (Å²) in [6.07, 6.45) is 5.66. The maximum atomic E-state index is 12.7. The number of rotatable bonds is 12. The van der Waals surface area contributed by atoms with E-state index >= 15 is 0 Å². The Balaban J connectivity index is 1.45. The summed E-state index contributed by atoms with van der Waals surface area (Å²) in [5.74, 6) is 1.03. The number of hydrogen-bond donors (Lipinski definition) is 3. The van der Waals surface area contributed by atoms with Crippen molar-refractivity contribution < 1.29 is 23.8 Å². The average molecular weight is 639 g/mol. The second-order valence-electron chi connectivity index (χ2n) is 11.6. The topological polar surface area (TPSA) is 154 Å². The van der Waals surface area contributed by atoms with Crippen LogP contribution in [-0.2, 0) is 16.0 Å². The molecule has 0 aliphatic heterocycles. The highest BCUT2D eigenvalue weighted by molar-refractivity contribution is 5.96. The van der Waals surface area contributed by atoms with Crippen LogP contribution in [0.2, 0.25) is 0 Å². The molecule has 0 bridgehead atoms. The number of esters is 1. The number of anilines is 3. The number of benzene rings is 1. The van der Waals surface area contributed by atoms with Gasteiger partial charge >= 0.3 is 12.1 Å². The molecular formula is C34H38N8O5. The lowest BCUT2D eigenvalue weighted by atomic mass is 10.1. The number of fused-ring (bicyclic) bond motifs is 1. The van der Waals surface area contributed by atoms with Crippen LogP contribution >= 0.6 is 0 Å². The first-order chi connectivity index (χ1) is 22.6. The Kier molecular flexibility index (Phi) is 10.1. The predicted molar refractivity (Wildman–Crippen MR) is 178 cm³/mol. The van der Waals surface area contributed by atoms with Crippen LogP contribution in [0.5, 0.6) is 5.88 Å². The van der Waals surface area contributed by atoms with E-state index < -0.39 is 23.8 Å². The second-order valence-corrected chi connectivity index (χ2v) is 11.6. The Labute approximate surface area is 272 Å². The van der Waals surface area contributed by atoms with Gasteiger partial charge in [-0.15, -0.1) is 0 Å². The fraction of sp³-hybridized carbons (Fsp3) is 0.294. The zero-order valence-electron chi connectivity index (χ0n) is 27.0. The summed E-state index contributed by atoms with van der Waals surface area (Å²) < 4.78 is 18.3. The van der Waals surface area contributed by atoms with Gasteiger partial charge in [0.15, 0.2) is 5.65 Å². The molecule has 0 aliphatic rings. The lowest BCUT2D eigenvalue weighted by molar-refractivity contribution is 0.0500. The van der Waals surface area contributed by atoms with Gasteiger partial charge in [0.1, 0.15) is 28.9 Å². The van der Waals surface area contributed by atoms with Gasteiger partial charge in [0.05, 0.1) is 31.2 Å². The Morgan fingerprint density at radius 3 is 2.53 bits per heavy atom. The summed E-state index contributed by atoms with van der Waals surface area (Å²) in [5, 5.41) is 13.8. The van der Waals surface area contributed by atoms with E-state index in [1.165, 1.54) is 6.20 Å². The monoisotopic (exact) mass is 638 g/mol. The Bertz CT molecular complexity index is 1820. The third-order valence-corrected chi connectivity index (χ3v) is 6.63. The molecule has 4 heterocycles. The molecule has 5 rings (SSSR count). The van der Waals surface area contributed by atoms with Gasteiger partial charge in [0, 0.05) is 30.1 Å². The minimum Gasteiger partial charge on any atom is -0.473 e. The molecule has 244 valence electrons. The zero-order chi connectivity index (χ0) is 33.4. The maximum absolute atomic E-state index is 12.7. The molecule has 4 aromatic heterocycles. The molecule has 1 atom stereocenters. The van der Waals surface area contributed by atoms with E-state index in [1.54, 1.807) is 44.6 Å². The molecule has 47 heavy (non-hydrogen) atoms. The van der Waals surface area contributed by atoms with Crippen LogP contribution in [0.4, 0.5) is 22.1 Å². The molecule has 0 fully saturated rings. The van der Waals surface area contributed by atoms with E-state index in [2.05, 4.69) is 31.0 Å². The van der Waals surface area contributed by atoms with E-state index in [1.807, 2.05) is 67.7 Å². The first kappa shape index (κ1) is 32.7. The number of hydrogen-bond acceptors (Lipinski definition) is 11. The predicted octanol–water partition coefficient (Wildman–Crippen LogP) is 6.01. The number of aromatic nitrogens is 5. The fourth-order valence-electron chi connectivity index (χ4n) is 4.56. The number of pyridine rings is 2. The van der Waals surface area contributed by atoms with Crippen LogP contribution in [0.15, 0.2) is 79.4 Å². The van der Waals surface area contributed by atoms with Gasteiger partial charge in [-0.25, -0.2) is 29.1 Å². The van der Waals surface area contributed by atoms with Crippen LogP contribution < -0.4 is 20.7 Å². The Hall–Kier alpha value is -5.72. The molecule has 0 saturated carbocycles. The standard InChI is InChI=1S/C34H38N8O5/c1-6-45-32(43)26-20-39-42-21-27(23-12-8-7-9-13-23)29(41-30(26)42)36-18-24-16-25(40-28-14-10-11-15-35-28)19-37-31(24)46-22(2)17-38-33(44)47-34(3,4)5/h7-16,19-22H,6,17-18H2,1-5H3,(H,35,40)(H,36,41)(H,38,44)/t22-/m0/s1. The second kappa shape index (κ2) is 14.6. The van der Waals surface area contributed by atoms with Crippen molar-refractivity contribution in [2.45, 2.75) is 52.9 Å². The van der Waals surface area contributed by atoms with E-state index in [9.17, 15) is 9.59 Å². The smallest absolute Gasteiger partial charge is 0.407 e. The largest absolute Gasteiger partial charge is 0.473 e. The van der Waals surface area contributed by atoms with Gasteiger partial charge in [0.2, 0.25) is 5.88 Å². The third-order valence-electron chi connectivity index (χ3n) is 6.63. The zero-order valence-corrected chi connectivity index (χ0v) is 27.0. The van der Waals surface area contributed by atoms with Crippen LogP contribution in [0.25, 0.3) is 16.8 Å². The molecule has 0 unspecified atom stereocenters. The maximum Gasteiger partial charge on any atom is 0.407 e. The molecule has 0 aliphatic carbocycles. The molecule has 0 radical (unpaired) electrons. The van der Waals surface area contributed by atoms with Gasteiger partial charge in [-0.2, -0.15) is 5.10 Å². The number of nitrogens with zero attached hydrogens (tertiary/aromatic N) is 5. The minimum atomic E-state index is -0.616.